The first-order valence-electron chi connectivity index (χ1n) is 16.5. The van der Waals surface area contributed by atoms with Crippen LogP contribution in [0.5, 0.6) is 28.7 Å². The smallest absolute Gasteiger partial charge is 0.441 e. The first-order valence-corrected chi connectivity index (χ1v) is 21.0. The molecule has 0 bridgehead atoms. The zero-order chi connectivity index (χ0) is 44.6. The van der Waals surface area contributed by atoms with E-state index in [9.17, 15) is 65.9 Å². The third kappa shape index (κ3) is 11.8. The second-order valence-electron chi connectivity index (χ2n) is 12.3. The van der Waals surface area contributed by atoms with E-state index in [0.717, 1.165) is 60.7 Å². The van der Waals surface area contributed by atoms with Gasteiger partial charge < -0.3 is 4.52 Å². The van der Waals surface area contributed by atoms with Crippen molar-refractivity contribution in [1.82, 2.24) is 14.6 Å². The van der Waals surface area contributed by atoms with Crippen molar-refractivity contribution in [3.63, 3.8) is 0 Å². The summed E-state index contributed by atoms with van der Waals surface area (Å²) in [7, 11) is -13.0. The maximum atomic E-state index is 13.9. The molecule has 3 N–H and O–H groups in total. The van der Waals surface area contributed by atoms with Crippen molar-refractivity contribution < 1.29 is 88.5 Å². The van der Waals surface area contributed by atoms with Crippen molar-refractivity contribution in [2.45, 2.75) is 30.9 Å². The molecule has 1 aliphatic rings. The van der Waals surface area contributed by atoms with Crippen molar-refractivity contribution in [3.05, 3.63) is 149 Å². The van der Waals surface area contributed by atoms with Crippen molar-refractivity contribution in [2.24, 2.45) is 0 Å². The molecule has 61 heavy (non-hydrogen) atoms. The van der Waals surface area contributed by atoms with Gasteiger partial charge in [0.05, 0.1) is 27.8 Å². The molecule has 0 unspecified atom stereocenters. The highest BCUT2D eigenvalue weighted by molar-refractivity contribution is 7.89. The summed E-state index contributed by atoms with van der Waals surface area (Å²) in [5.74, 6) is -3.68. The highest BCUT2D eigenvalue weighted by Crippen LogP contribution is 2.74. The summed E-state index contributed by atoms with van der Waals surface area (Å²) in [5.41, 5.74) is -6.66. The Hall–Kier alpha value is -4.78. The maximum absolute atomic E-state index is 13.9. The molecule has 26 heteroatoms. The second-order valence-corrected chi connectivity index (χ2v) is 18.4. The first kappa shape index (κ1) is 45.7. The van der Waals surface area contributed by atoms with Gasteiger partial charge in [0.1, 0.15) is 10.6 Å². The van der Waals surface area contributed by atoms with Gasteiger partial charge in [-0.1, -0.05) is 30.3 Å². The molecule has 326 valence electrons. The Morgan fingerprint density at radius 2 is 0.574 bits per heavy atom. The lowest BCUT2D eigenvalue weighted by atomic mass is 10.2. The largest absolute Gasteiger partial charge is 0.567 e. The number of alkyl halides is 15. The Labute approximate surface area is 336 Å². The Morgan fingerprint density at radius 3 is 0.820 bits per heavy atom. The molecular weight excluding hydrogens is 920 g/mol. The zero-order valence-electron chi connectivity index (χ0n) is 29.6. The number of nitrogens with one attached hydrogen (secondary N) is 3. The van der Waals surface area contributed by atoms with Crippen molar-refractivity contribution in [2.75, 3.05) is 0 Å². The van der Waals surface area contributed by atoms with E-state index in [1.807, 2.05) is 0 Å². The number of halogens is 15. The lowest BCUT2D eigenvalue weighted by molar-refractivity contribution is -0.138. The van der Waals surface area contributed by atoms with Crippen LogP contribution in [0.2, 0.25) is 0 Å². The predicted molar refractivity (Wildman–Crippen MR) is 191 cm³/mol. The summed E-state index contributed by atoms with van der Waals surface area (Å²) in [6, 6.07) is 14.0. The minimum atomic E-state index is -5.03. The molecule has 0 atom stereocenters. The van der Waals surface area contributed by atoms with Gasteiger partial charge in [0.25, 0.3) is 0 Å². The normalized spacial score (nSPS) is 16.1. The van der Waals surface area contributed by atoms with Crippen LogP contribution in [-0.2, 0) is 30.9 Å². The summed E-state index contributed by atoms with van der Waals surface area (Å²) in [6.07, 6.45) is -25.1. The quantitative estimate of drug-likeness (QED) is 0.0944. The van der Waals surface area contributed by atoms with Crippen LogP contribution in [0.4, 0.5) is 65.9 Å². The van der Waals surface area contributed by atoms with Crippen molar-refractivity contribution in [1.29, 1.82) is 0 Å². The summed E-state index contributed by atoms with van der Waals surface area (Å²) in [4.78, 5) is 7.57. The molecule has 1 fully saturated rings. The van der Waals surface area contributed by atoms with Gasteiger partial charge in [-0.15, -0.1) is 0 Å². The molecule has 1 saturated heterocycles. The number of rotatable bonds is 10. The van der Waals surface area contributed by atoms with E-state index in [1.165, 1.54) is 0 Å². The molecule has 1 heterocycles. The van der Waals surface area contributed by atoms with Gasteiger partial charge in [-0.3, -0.25) is 18.1 Å². The van der Waals surface area contributed by atoms with Gasteiger partial charge in [0.2, 0.25) is 0 Å². The lowest BCUT2D eigenvalue weighted by Gasteiger charge is -2.34. The molecule has 5 aromatic carbocycles. The van der Waals surface area contributed by atoms with Crippen LogP contribution in [-0.4, -0.2) is 0 Å². The fraction of sp³-hybridized carbons (Fsp3) is 0.143. The van der Waals surface area contributed by atoms with Crippen LogP contribution >= 0.6 is 24.5 Å². The highest BCUT2D eigenvalue weighted by atomic mass is 31.3. The minimum absolute atomic E-state index is 0.403. The summed E-state index contributed by atoms with van der Waals surface area (Å²) >= 11 is 0. The van der Waals surface area contributed by atoms with Gasteiger partial charge >= 0.3 is 55.4 Å². The molecule has 0 amide bonds. The van der Waals surface area contributed by atoms with Crippen LogP contribution in [0, 0.1) is 0 Å². The monoisotopic (exact) mass is 943 g/mol. The lowest BCUT2D eigenvalue weighted by Crippen LogP contribution is -2.47. The van der Waals surface area contributed by atoms with Gasteiger partial charge in [-0.05, 0) is 101 Å². The first-order chi connectivity index (χ1) is 28.2. The molecule has 0 aliphatic carbocycles. The Morgan fingerprint density at radius 1 is 0.344 bits per heavy atom. The van der Waals surface area contributed by atoms with Gasteiger partial charge in [-0.2, -0.15) is 65.9 Å². The van der Waals surface area contributed by atoms with E-state index in [1.54, 1.807) is 0 Å². The second kappa shape index (κ2) is 16.8. The third-order valence-electron chi connectivity index (χ3n) is 7.65. The van der Waals surface area contributed by atoms with E-state index in [2.05, 4.69) is 14.6 Å². The molecule has 0 aromatic heterocycles. The SMILES string of the molecule is FC(F)(F)c1cccc(OP2N[P+](Oc3cccc(C(F)(F)F)c3)(Oc3cccc(C(F)(F)F)c3)N[P+](Oc3cccc(C(F)(F)F)c3)(Oc3cccc(C(F)(F)F)c3)N2)c1. The standard InChI is InChI=1S/C35H23F15N3O5P3/c36-31(37,38)21-6-1-11-26(16-21)54-59-51-60(55-27-12-2-7-22(17-27)32(39,40)41,56-28-13-3-8-23(18-28)33(42,43)44)53-61(52-59,57-29-14-4-9-24(19-29)34(45,46)47)58-30-15-5-10-25(20-30)35(48,49)50/h1-20,51-53H/q+2. The number of benzene rings is 5. The maximum Gasteiger partial charge on any atom is 0.567 e. The fourth-order valence-corrected chi connectivity index (χ4v) is 13.8. The fourth-order valence-electron chi connectivity index (χ4n) is 5.07. The minimum Gasteiger partial charge on any atom is -0.441 e. The average Bonchev–Trinajstić information content (AvgIpc) is 3.13. The van der Waals surface area contributed by atoms with Crippen LogP contribution < -0.4 is 37.2 Å². The molecule has 0 radical (unpaired) electrons. The number of hydrogen-bond donors (Lipinski definition) is 3. The third-order valence-corrected chi connectivity index (χ3v) is 15.6. The van der Waals surface area contributed by atoms with Crippen molar-refractivity contribution in [3.8, 4) is 28.7 Å². The molecule has 0 saturated carbocycles. The summed E-state index contributed by atoms with van der Waals surface area (Å²) < 4.78 is 237. The van der Waals surface area contributed by atoms with Gasteiger partial charge in [0, 0.05) is 0 Å². The average molecular weight is 943 g/mol. The summed E-state index contributed by atoms with van der Waals surface area (Å²) in [5, 5.41) is 0. The molecule has 1 aliphatic heterocycles. The molecule has 6 rings (SSSR count). The van der Waals surface area contributed by atoms with Crippen molar-refractivity contribution >= 4 is 24.5 Å². The van der Waals surface area contributed by atoms with Crippen LogP contribution in [0.15, 0.2) is 121 Å². The Bertz CT molecular complexity index is 2090. The van der Waals surface area contributed by atoms with Crippen LogP contribution in [0.3, 0.4) is 0 Å². The van der Waals surface area contributed by atoms with E-state index >= 15 is 0 Å². The van der Waals surface area contributed by atoms with Gasteiger partial charge in [0.15, 0.2) is 23.0 Å². The Balaban J connectivity index is 1.59. The predicted octanol–water partition coefficient (Wildman–Crippen LogP) is 13.8. The Kier molecular flexibility index (Phi) is 12.6. The topological polar surface area (TPSA) is 82.2 Å². The molecule has 8 nitrogen and oxygen atoms in total. The highest BCUT2D eigenvalue weighted by Gasteiger charge is 2.73. The van der Waals surface area contributed by atoms with Crippen LogP contribution in [0.1, 0.15) is 27.8 Å². The van der Waals surface area contributed by atoms with E-state index in [4.69, 9.17) is 22.6 Å². The number of hydrogen-bond acceptors (Lipinski definition) is 8. The molecule has 5 aromatic rings. The van der Waals surface area contributed by atoms with E-state index < -0.39 is 112 Å². The van der Waals surface area contributed by atoms with E-state index in [-0.39, 0.29) is 0 Å². The molecule has 0 spiro atoms. The molecular formula is C35H23F15N3O5P3+2. The summed E-state index contributed by atoms with van der Waals surface area (Å²) in [6.45, 7) is 0. The van der Waals surface area contributed by atoms with Crippen LogP contribution in [0.25, 0.3) is 0 Å². The van der Waals surface area contributed by atoms with E-state index in [0.29, 0.717) is 60.7 Å². The zero-order valence-corrected chi connectivity index (χ0v) is 32.3. The van der Waals surface area contributed by atoms with Gasteiger partial charge in [-0.25, -0.2) is 0 Å².